The molecule has 3 fully saturated rings. The largest absolute Gasteiger partial charge is 0.417 e. The molecule has 0 unspecified atom stereocenters. The lowest BCUT2D eigenvalue weighted by molar-refractivity contribution is -0.137. The molecule has 0 spiro atoms. The van der Waals surface area contributed by atoms with E-state index in [2.05, 4.69) is 25.3 Å². The fourth-order valence-corrected chi connectivity index (χ4v) is 4.90. The summed E-state index contributed by atoms with van der Waals surface area (Å²) in [6.07, 6.45) is 2.27. The molecule has 5 heterocycles. The van der Waals surface area contributed by atoms with E-state index >= 15 is 0 Å². The predicted molar refractivity (Wildman–Crippen MR) is 119 cm³/mol. The van der Waals surface area contributed by atoms with Crippen LogP contribution in [0.3, 0.4) is 0 Å². The van der Waals surface area contributed by atoms with E-state index in [1.165, 1.54) is 6.07 Å². The lowest BCUT2D eigenvalue weighted by Gasteiger charge is -2.50. The molecule has 3 atom stereocenters. The summed E-state index contributed by atoms with van der Waals surface area (Å²) in [4.78, 5) is 32.6. The van der Waals surface area contributed by atoms with E-state index in [-0.39, 0.29) is 18.0 Å². The number of anilines is 1. The van der Waals surface area contributed by atoms with Crippen molar-refractivity contribution in [3.05, 3.63) is 65.7 Å². The molecule has 1 N–H and O–H groups in total. The van der Waals surface area contributed by atoms with Crippen molar-refractivity contribution in [3.63, 3.8) is 0 Å². The first-order valence-corrected chi connectivity index (χ1v) is 11.2. The van der Waals surface area contributed by atoms with E-state index in [4.69, 9.17) is 0 Å². The van der Waals surface area contributed by atoms with Gasteiger partial charge in [-0.2, -0.15) is 13.2 Å². The van der Waals surface area contributed by atoms with Crippen LogP contribution in [0, 0.1) is 12.8 Å². The van der Waals surface area contributed by atoms with Gasteiger partial charge in [-0.3, -0.25) is 4.79 Å². The van der Waals surface area contributed by atoms with Crippen LogP contribution in [0.2, 0.25) is 0 Å². The minimum atomic E-state index is -4.43. The Balaban J connectivity index is 1.40. The van der Waals surface area contributed by atoms with Crippen LogP contribution in [0.1, 0.15) is 40.9 Å². The van der Waals surface area contributed by atoms with Gasteiger partial charge in [-0.25, -0.2) is 19.9 Å². The van der Waals surface area contributed by atoms with Crippen LogP contribution >= 0.6 is 0 Å². The summed E-state index contributed by atoms with van der Waals surface area (Å²) in [6, 6.07) is 7.41. The van der Waals surface area contributed by atoms with E-state index in [1.807, 2.05) is 11.8 Å². The molecule has 2 saturated heterocycles. The third-order valence-electron chi connectivity index (χ3n) is 6.51. The van der Waals surface area contributed by atoms with Crippen molar-refractivity contribution in [1.82, 2.24) is 24.8 Å². The average molecular weight is 468 g/mol. The zero-order chi connectivity index (χ0) is 23.9. The Morgan fingerprint density at radius 3 is 2.56 bits per heavy atom. The number of aryl methyl sites for hydroxylation is 1. The summed E-state index contributed by atoms with van der Waals surface area (Å²) < 4.78 is 38.6. The predicted octanol–water partition coefficient (Wildman–Crippen LogP) is 4.37. The third kappa shape index (κ3) is 4.32. The molecule has 34 heavy (non-hydrogen) atoms. The molecular formula is C24H23F3N6O. The van der Waals surface area contributed by atoms with Crippen molar-refractivity contribution in [1.29, 1.82) is 0 Å². The number of halogens is 3. The fourth-order valence-electron chi connectivity index (χ4n) is 4.90. The number of piperidine rings is 2. The van der Waals surface area contributed by atoms with Gasteiger partial charge in [0.05, 0.1) is 17.2 Å². The van der Waals surface area contributed by atoms with Gasteiger partial charge >= 0.3 is 6.18 Å². The minimum absolute atomic E-state index is 0.101. The molecule has 1 aliphatic carbocycles. The summed E-state index contributed by atoms with van der Waals surface area (Å²) in [5.74, 6) is 0.918. The maximum absolute atomic E-state index is 13.7. The van der Waals surface area contributed by atoms with Gasteiger partial charge in [-0.1, -0.05) is 0 Å². The highest BCUT2D eigenvalue weighted by Crippen LogP contribution is 2.38. The van der Waals surface area contributed by atoms with Crippen LogP contribution in [-0.2, 0) is 6.18 Å². The van der Waals surface area contributed by atoms with Gasteiger partial charge in [0, 0.05) is 36.9 Å². The van der Waals surface area contributed by atoms with Crippen molar-refractivity contribution in [2.24, 2.45) is 5.92 Å². The molecule has 0 aromatic carbocycles. The minimum Gasteiger partial charge on any atom is -0.365 e. The number of rotatable bonds is 4. The standard InChI is InChI=1S/C24H23F3N6O/c1-14-3-6-17(21(31-14)22-28-9-2-10-29-22)23(34)33-13-15-4-7-19(33)18(11-15)32-20-8-5-16(12-30-20)24(25,26)27/h2-3,5-6,8-10,12,15,18-19H,4,7,11,13H2,1H3,(H,30,32)/t15-,18-,19+/m1/s1. The molecule has 1 saturated carbocycles. The number of aromatic nitrogens is 4. The Bertz CT molecular complexity index is 1190. The first-order valence-electron chi connectivity index (χ1n) is 11.2. The van der Waals surface area contributed by atoms with Gasteiger partial charge < -0.3 is 10.2 Å². The van der Waals surface area contributed by atoms with Crippen molar-refractivity contribution >= 4 is 11.7 Å². The monoisotopic (exact) mass is 468 g/mol. The second-order valence-corrected chi connectivity index (χ2v) is 8.81. The molecule has 2 bridgehead atoms. The Kier molecular flexibility index (Phi) is 5.66. The van der Waals surface area contributed by atoms with E-state index in [1.54, 1.807) is 30.6 Å². The van der Waals surface area contributed by atoms with E-state index < -0.39 is 11.7 Å². The maximum Gasteiger partial charge on any atom is 0.417 e. The molecule has 3 aromatic rings. The van der Waals surface area contributed by atoms with Gasteiger partial charge in [-0.15, -0.1) is 0 Å². The van der Waals surface area contributed by atoms with E-state index in [9.17, 15) is 18.0 Å². The zero-order valence-corrected chi connectivity index (χ0v) is 18.5. The second kappa shape index (κ2) is 8.66. The third-order valence-corrected chi connectivity index (χ3v) is 6.51. The number of carbonyl (C=O) groups is 1. The highest BCUT2D eigenvalue weighted by Gasteiger charge is 2.44. The van der Waals surface area contributed by atoms with Crippen LogP contribution in [0.4, 0.5) is 19.0 Å². The molecule has 2 aliphatic heterocycles. The number of amides is 1. The Morgan fingerprint density at radius 2 is 1.88 bits per heavy atom. The molecule has 6 rings (SSSR count). The van der Waals surface area contributed by atoms with E-state index in [0.29, 0.717) is 35.4 Å². The first kappa shape index (κ1) is 22.2. The molecule has 1 amide bonds. The molecule has 176 valence electrons. The van der Waals surface area contributed by atoms with Crippen molar-refractivity contribution in [2.75, 3.05) is 11.9 Å². The normalized spacial score (nSPS) is 22.0. The molecule has 10 heteroatoms. The summed E-state index contributed by atoms with van der Waals surface area (Å²) in [7, 11) is 0. The quantitative estimate of drug-likeness (QED) is 0.612. The van der Waals surface area contributed by atoms with Gasteiger partial charge in [0.2, 0.25) is 0 Å². The number of fused-ring (bicyclic) bond motifs is 3. The maximum atomic E-state index is 13.7. The first-order chi connectivity index (χ1) is 16.3. The number of hydrogen-bond acceptors (Lipinski definition) is 6. The topological polar surface area (TPSA) is 83.9 Å². The molecule has 3 aliphatic rings. The number of carbonyl (C=O) groups excluding carboxylic acids is 1. The van der Waals surface area contributed by atoms with Crippen LogP contribution in [0.15, 0.2) is 48.9 Å². The van der Waals surface area contributed by atoms with Gasteiger partial charge in [-0.05, 0) is 62.4 Å². The molecule has 3 aromatic heterocycles. The second-order valence-electron chi connectivity index (χ2n) is 8.81. The molecule has 7 nitrogen and oxygen atoms in total. The number of nitrogens with one attached hydrogen (secondary N) is 1. The summed E-state index contributed by atoms with van der Waals surface area (Å²) in [6.45, 7) is 2.48. The number of hydrogen-bond donors (Lipinski definition) is 1. The van der Waals surface area contributed by atoms with Gasteiger partial charge in [0.25, 0.3) is 5.91 Å². The fraction of sp³-hybridized carbons (Fsp3) is 0.375. The number of nitrogens with zero attached hydrogens (tertiary/aromatic N) is 5. The van der Waals surface area contributed by atoms with Crippen molar-refractivity contribution in [3.8, 4) is 11.5 Å². The lowest BCUT2D eigenvalue weighted by Crippen LogP contribution is -2.59. The average Bonchev–Trinajstić information content (AvgIpc) is 2.84. The summed E-state index contributed by atoms with van der Waals surface area (Å²) >= 11 is 0. The van der Waals surface area contributed by atoms with Crippen molar-refractivity contribution < 1.29 is 18.0 Å². The van der Waals surface area contributed by atoms with Crippen LogP contribution in [0.25, 0.3) is 11.5 Å². The molecular weight excluding hydrogens is 445 g/mol. The Hall–Kier alpha value is -3.56. The van der Waals surface area contributed by atoms with Gasteiger partial charge in [0.15, 0.2) is 5.82 Å². The summed E-state index contributed by atoms with van der Waals surface area (Å²) in [5.41, 5.74) is 0.853. The number of pyridine rings is 2. The highest BCUT2D eigenvalue weighted by molar-refractivity contribution is 5.99. The number of alkyl halides is 3. The smallest absolute Gasteiger partial charge is 0.365 e. The van der Waals surface area contributed by atoms with Crippen LogP contribution < -0.4 is 5.32 Å². The molecule has 0 radical (unpaired) electrons. The van der Waals surface area contributed by atoms with Crippen LogP contribution in [0.5, 0.6) is 0 Å². The van der Waals surface area contributed by atoms with E-state index in [0.717, 1.165) is 37.2 Å². The highest BCUT2D eigenvalue weighted by atomic mass is 19.4. The van der Waals surface area contributed by atoms with Crippen LogP contribution in [-0.4, -0.2) is 49.4 Å². The Labute approximate surface area is 194 Å². The SMILES string of the molecule is Cc1ccc(C(=O)N2C[C@@H]3CC[C@H]2[C@H](Nc2ccc(C(F)(F)F)cn2)C3)c(-c2ncccn2)n1. The lowest BCUT2D eigenvalue weighted by atomic mass is 9.76. The van der Waals surface area contributed by atoms with Crippen molar-refractivity contribution in [2.45, 2.75) is 44.4 Å². The zero-order valence-electron chi connectivity index (χ0n) is 18.5. The Morgan fingerprint density at radius 1 is 1.09 bits per heavy atom. The summed E-state index contributed by atoms with van der Waals surface area (Å²) in [5, 5.41) is 3.27. The van der Waals surface area contributed by atoms with Gasteiger partial charge in [0.1, 0.15) is 11.5 Å².